The number of benzene rings is 1. The van der Waals surface area contributed by atoms with Crippen molar-refractivity contribution in [3.05, 3.63) is 54.2 Å². The van der Waals surface area contributed by atoms with Gasteiger partial charge < -0.3 is 0 Å². The average molecular weight is 458 g/mol. The molecule has 0 aliphatic carbocycles. The highest BCUT2D eigenvalue weighted by Gasteiger charge is 2.12. The highest BCUT2D eigenvalue weighted by atomic mass is 127. The Bertz CT molecular complexity index is 467. The molecule has 0 saturated heterocycles. The first-order valence-electron chi connectivity index (χ1n) is 4.31. The van der Waals surface area contributed by atoms with E-state index in [1.807, 2.05) is 0 Å². The van der Waals surface area contributed by atoms with Crippen molar-refractivity contribution in [3.8, 4) is 0 Å². The van der Waals surface area contributed by atoms with E-state index in [-0.39, 0.29) is 0 Å². The Morgan fingerprint density at radius 2 is 2.00 bits per heavy atom. The summed E-state index contributed by atoms with van der Waals surface area (Å²) in [5, 5.41) is 0. The lowest BCUT2D eigenvalue weighted by Crippen LogP contribution is -1.89. The van der Waals surface area contributed by atoms with Gasteiger partial charge in [-0.15, -0.1) is 11.3 Å². The van der Waals surface area contributed by atoms with Gasteiger partial charge in [0, 0.05) is 8.45 Å². The summed E-state index contributed by atoms with van der Waals surface area (Å²) in [7, 11) is 0. The summed E-state index contributed by atoms with van der Waals surface area (Å²) in [5.41, 5.74) is 1.30. The van der Waals surface area contributed by atoms with Gasteiger partial charge in [0.2, 0.25) is 0 Å². The van der Waals surface area contributed by atoms with Crippen LogP contribution in [0.25, 0.3) is 0 Å². The second-order valence-corrected chi connectivity index (χ2v) is 7.72. The first-order chi connectivity index (χ1) is 7.16. The largest absolute Gasteiger partial charge is 0.132 e. The fraction of sp³-hybridized carbons (Fsp3) is 0.0909. The Balaban J connectivity index is 2.32. The summed E-state index contributed by atoms with van der Waals surface area (Å²) in [4.78, 5) is 1.62. The first kappa shape index (κ1) is 12.1. The third-order valence-electron chi connectivity index (χ3n) is 1.99. The van der Waals surface area contributed by atoms with E-state index in [9.17, 15) is 0 Å². The topological polar surface area (TPSA) is 0 Å². The van der Waals surface area contributed by atoms with Crippen molar-refractivity contribution >= 4 is 65.8 Å². The minimum absolute atomic E-state index is 0.295. The maximum absolute atomic E-state index is 3.73. The van der Waals surface area contributed by atoms with Gasteiger partial charge in [-0.25, -0.2) is 0 Å². The van der Waals surface area contributed by atoms with Crippen LogP contribution in [0.5, 0.6) is 0 Å². The second kappa shape index (κ2) is 5.29. The number of hydrogen-bond acceptors (Lipinski definition) is 1. The lowest BCUT2D eigenvalue weighted by molar-refractivity contribution is 1.22. The van der Waals surface area contributed by atoms with E-state index in [2.05, 4.69) is 90.8 Å². The van der Waals surface area contributed by atoms with Crippen LogP contribution in [0, 0.1) is 3.57 Å². The van der Waals surface area contributed by atoms with Crippen LogP contribution in [0.15, 0.2) is 40.2 Å². The molecule has 78 valence electrons. The zero-order chi connectivity index (χ0) is 10.8. The third-order valence-corrected chi connectivity index (χ3v) is 5.67. The van der Waals surface area contributed by atoms with E-state index in [4.69, 9.17) is 0 Å². The Kier molecular flexibility index (Phi) is 4.26. The maximum atomic E-state index is 3.73. The summed E-state index contributed by atoms with van der Waals surface area (Å²) < 4.78 is 2.44. The van der Waals surface area contributed by atoms with Crippen molar-refractivity contribution in [3.63, 3.8) is 0 Å². The van der Waals surface area contributed by atoms with E-state index in [0.717, 1.165) is 0 Å². The zero-order valence-electron chi connectivity index (χ0n) is 7.58. The molecule has 2 aromatic rings. The molecule has 2 rings (SSSR count). The summed E-state index contributed by atoms with van der Waals surface area (Å²) >= 11 is 11.3. The fourth-order valence-corrected chi connectivity index (χ4v) is 4.01. The molecule has 0 saturated carbocycles. The van der Waals surface area contributed by atoms with Crippen molar-refractivity contribution in [2.75, 3.05) is 0 Å². The van der Waals surface area contributed by atoms with Crippen LogP contribution in [0.2, 0.25) is 0 Å². The molecule has 1 unspecified atom stereocenters. The molecule has 0 nitrogen and oxygen atoms in total. The van der Waals surface area contributed by atoms with Crippen LogP contribution in [-0.4, -0.2) is 0 Å². The highest BCUT2D eigenvalue weighted by Crippen LogP contribution is 2.37. The lowest BCUT2D eigenvalue weighted by atomic mass is 10.1. The maximum Gasteiger partial charge on any atom is 0.0738 e. The number of alkyl halides is 1. The molecule has 15 heavy (non-hydrogen) atoms. The van der Waals surface area contributed by atoms with E-state index in [0.29, 0.717) is 4.83 Å². The smallest absolute Gasteiger partial charge is 0.0738 e. The molecule has 4 heteroatoms. The molecule has 1 aromatic heterocycles. The first-order valence-corrected chi connectivity index (χ1v) is 7.92. The molecular weight excluding hydrogens is 451 g/mol. The van der Waals surface area contributed by atoms with Gasteiger partial charge in [0.05, 0.1) is 8.61 Å². The van der Waals surface area contributed by atoms with Gasteiger partial charge >= 0.3 is 0 Å². The molecule has 1 atom stereocenters. The van der Waals surface area contributed by atoms with Crippen molar-refractivity contribution in [2.24, 2.45) is 0 Å². The predicted octanol–water partition coefficient (Wildman–Crippen LogP) is 5.60. The Hall–Kier alpha value is 0.610. The SMILES string of the molecule is Brc1ccc(C(Br)c2cccc(I)c2)s1. The molecule has 0 N–H and O–H groups in total. The Morgan fingerprint density at radius 1 is 1.20 bits per heavy atom. The quantitative estimate of drug-likeness (QED) is 0.407. The van der Waals surface area contributed by atoms with E-state index in [1.54, 1.807) is 11.3 Å². The van der Waals surface area contributed by atoms with Crippen LogP contribution in [-0.2, 0) is 0 Å². The van der Waals surface area contributed by atoms with Crippen LogP contribution < -0.4 is 0 Å². The standard InChI is InChI=1S/C11H7Br2IS/c12-10-5-4-9(15-10)11(13)7-2-1-3-8(14)6-7/h1-6,11H. The zero-order valence-corrected chi connectivity index (χ0v) is 13.7. The van der Waals surface area contributed by atoms with Crippen LogP contribution in [0.1, 0.15) is 15.3 Å². The minimum Gasteiger partial charge on any atom is -0.132 e. The van der Waals surface area contributed by atoms with Crippen molar-refractivity contribution < 1.29 is 0 Å². The molecule has 0 amide bonds. The van der Waals surface area contributed by atoms with Crippen molar-refractivity contribution in [1.82, 2.24) is 0 Å². The van der Waals surface area contributed by atoms with Crippen molar-refractivity contribution in [1.29, 1.82) is 0 Å². The van der Waals surface area contributed by atoms with Crippen LogP contribution in [0.3, 0.4) is 0 Å². The van der Waals surface area contributed by atoms with Gasteiger partial charge in [-0.3, -0.25) is 0 Å². The number of thiophene rings is 1. The number of hydrogen-bond donors (Lipinski definition) is 0. The van der Waals surface area contributed by atoms with Gasteiger partial charge in [0.1, 0.15) is 0 Å². The second-order valence-electron chi connectivity index (χ2n) is 3.06. The number of halogens is 3. The van der Waals surface area contributed by atoms with Gasteiger partial charge in [-0.05, 0) is 68.3 Å². The molecule has 0 bridgehead atoms. The van der Waals surface area contributed by atoms with Crippen molar-refractivity contribution in [2.45, 2.75) is 4.83 Å². The van der Waals surface area contributed by atoms with Gasteiger partial charge in [-0.2, -0.15) is 0 Å². The predicted molar refractivity (Wildman–Crippen MR) is 81.9 cm³/mol. The Morgan fingerprint density at radius 3 is 2.60 bits per heavy atom. The van der Waals surface area contributed by atoms with E-state index in [1.165, 1.54) is 17.8 Å². The van der Waals surface area contributed by atoms with Gasteiger partial charge in [0.25, 0.3) is 0 Å². The fourth-order valence-electron chi connectivity index (χ4n) is 1.29. The lowest BCUT2D eigenvalue weighted by Gasteiger charge is -2.07. The monoisotopic (exact) mass is 456 g/mol. The highest BCUT2D eigenvalue weighted by molar-refractivity contribution is 14.1. The van der Waals surface area contributed by atoms with Gasteiger partial charge in [-0.1, -0.05) is 28.1 Å². The minimum atomic E-state index is 0.295. The molecule has 1 heterocycles. The summed E-state index contributed by atoms with van der Waals surface area (Å²) in [6.45, 7) is 0. The van der Waals surface area contributed by atoms with Gasteiger partial charge in [0.15, 0.2) is 0 Å². The van der Waals surface area contributed by atoms with Crippen LogP contribution >= 0.6 is 65.8 Å². The van der Waals surface area contributed by atoms with Crippen LogP contribution in [0.4, 0.5) is 0 Å². The number of rotatable bonds is 2. The third kappa shape index (κ3) is 3.05. The Labute approximate surface area is 123 Å². The average Bonchev–Trinajstić information content (AvgIpc) is 2.64. The van der Waals surface area contributed by atoms with E-state index >= 15 is 0 Å². The molecular formula is C11H7Br2IS. The molecule has 0 aliphatic rings. The molecule has 0 spiro atoms. The normalized spacial score (nSPS) is 12.7. The molecule has 0 aliphatic heterocycles. The summed E-state index contributed by atoms with van der Waals surface area (Å²) in [6.07, 6.45) is 0. The molecule has 1 aromatic carbocycles. The molecule has 0 radical (unpaired) electrons. The molecule has 0 fully saturated rings. The summed E-state index contributed by atoms with van der Waals surface area (Å²) in [6, 6.07) is 12.8. The van der Waals surface area contributed by atoms with E-state index < -0.39 is 0 Å². The summed E-state index contributed by atoms with van der Waals surface area (Å²) in [5.74, 6) is 0.